The van der Waals surface area contributed by atoms with E-state index in [0.717, 1.165) is 55.1 Å². The van der Waals surface area contributed by atoms with Crippen LogP contribution in [0.4, 0.5) is 36.3 Å². The minimum Gasteiger partial charge on any atom is -0.495 e. The molecule has 4 N–H and O–H groups in total. The van der Waals surface area contributed by atoms with E-state index in [1.54, 1.807) is 43.3 Å². The molecule has 3 aromatic rings. The maximum absolute atomic E-state index is 13.9. The lowest BCUT2D eigenvalue weighted by molar-refractivity contribution is -0.137. The molecule has 0 radical (unpaired) electrons. The Morgan fingerprint density at radius 1 is 1.15 bits per heavy atom. The van der Waals surface area contributed by atoms with Crippen LogP contribution in [0.15, 0.2) is 42.6 Å². The highest BCUT2D eigenvalue weighted by Crippen LogP contribution is 2.36. The summed E-state index contributed by atoms with van der Waals surface area (Å²) in [4.78, 5) is 23.4. The van der Waals surface area contributed by atoms with Crippen molar-refractivity contribution >= 4 is 39.1 Å². The standard InChI is InChI=1S/C31H39F3N8O4S/c1-19-5-6-21(26(13-19)41(2)47(4,44)45)17-36-28-24(31(32,33)34)18-37-30(40-28)39-25-8-7-20(14-27(25)46-3)29(43)38-22-15-23(16-22)42-11-9-35-10-12-42/h5-8,13-14,18,22-23,35H,9-12,15-17H2,1-4H3,(H,38,43)(H2,36,37,39,40). The number of nitrogens with zero attached hydrogens (tertiary/aromatic N) is 4. The zero-order chi connectivity index (χ0) is 33.9. The molecule has 2 aromatic carbocycles. The van der Waals surface area contributed by atoms with Gasteiger partial charge in [-0.1, -0.05) is 12.1 Å². The molecule has 16 heteroatoms. The normalized spacial score (nSPS) is 18.6. The van der Waals surface area contributed by atoms with Crippen molar-refractivity contribution in [2.75, 3.05) is 61.5 Å². The second-order valence-electron chi connectivity index (χ2n) is 11.8. The second kappa shape index (κ2) is 13.9. The summed E-state index contributed by atoms with van der Waals surface area (Å²) in [6, 6.07) is 10.3. The topological polar surface area (TPSA) is 141 Å². The van der Waals surface area contributed by atoms with Crippen LogP contribution in [-0.2, 0) is 22.7 Å². The van der Waals surface area contributed by atoms with Crippen molar-refractivity contribution < 1.29 is 31.1 Å². The molecule has 1 saturated heterocycles. The summed E-state index contributed by atoms with van der Waals surface area (Å²) in [5.74, 6) is -0.621. The quantitative estimate of drug-likeness (QED) is 0.238. The molecule has 2 heterocycles. The molecule has 2 aliphatic rings. The summed E-state index contributed by atoms with van der Waals surface area (Å²) < 4.78 is 72.8. The molecular weight excluding hydrogens is 637 g/mol. The fourth-order valence-corrected chi connectivity index (χ4v) is 6.16. The third kappa shape index (κ3) is 8.23. The molecule has 1 aliphatic heterocycles. The van der Waals surface area contributed by atoms with Crippen molar-refractivity contribution in [3.8, 4) is 5.75 Å². The fraction of sp³-hybridized carbons (Fsp3) is 0.452. The minimum absolute atomic E-state index is 0.0837. The lowest BCUT2D eigenvalue weighted by Gasteiger charge is -2.44. The Morgan fingerprint density at radius 2 is 1.87 bits per heavy atom. The summed E-state index contributed by atoms with van der Waals surface area (Å²) in [5.41, 5.74) is 1.17. The number of benzene rings is 2. The first-order valence-corrected chi connectivity index (χ1v) is 17.0. The lowest BCUT2D eigenvalue weighted by Crippen LogP contribution is -2.57. The van der Waals surface area contributed by atoms with Gasteiger partial charge in [0.25, 0.3) is 5.91 Å². The summed E-state index contributed by atoms with van der Waals surface area (Å²) in [7, 11) is -0.836. The van der Waals surface area contributed by atoms with Gasteiger partial charge < -0.3 is 26.0 Å². The Morgan fingerprint density at radius 3 is 2.53 bits per heavy atom. The monoisotopic (exact) mass is 676 g/mol. The van der Waals surface area contributed by atoms with Crippen LogP contribution in [0, 0.1) is 6.92 Å². The van der Waals surface area contributed by atoms with Crippen LogP contribution in [-0.4, -0.2) is 87.9 Å². The highest BCUT2D eigenvalue weighted by molar-refractivity contribution is 7.92. The molecule has 1 aromatic heterocycles. The Balaban J connectivity index is 1.30. The summed E-state index contributed by atoms with van der Waals surface area (Å²) in [6.07, 6.45) is -1.27. The van der Waals surface area contributed by atoms with E-state index in [9.17, 15) is 26.4 Å². The Kier molecular flexibility index (Phi) is 10.1. The Bertz CT molecular complexity index is 1710. The molecule has 0 unspecified atom stereocenters. The number of carbonyl (C=O) groups excluding carboxylic acids is 1. The molecule has 5 rings (SSSR count). The number of piperazine rings is 1. The van der Waals surface area contributed by atoms with Crippen molar-refractivity contribution in [1.82, 2.24) is 25.5 Å². The minimum atomic E-state index is -4.77. The molecule has 1 aliphatic carbocycles. The Hall–Kier alpha value is -4.15. The Labute approximate surface area is 272 Å². The maximum Gasteiger partial charge on any atom is 0.421 e. The van der Waals surface area contributed by atoms with Crippen LogP contribution in [0.5, 0.6) is 5.75 Å². The van der Waals surface area contributed by atoms with Gasteiger partial charge in [0.1, 0.15) is 17.1 Å². The number of halogens is 3. The van der Waals surface area contributed by atoms with Crippen molar-refractivity contribution in [2.45, 2.75) is 44.6 Å². The van der Waals surface area contributed by atoms with Crippen molar-refractivity contribution in [3.05, 3.63) is 64.8 Å². The van der Waals surface area contributed by atoms with E-state index in [0.29, 0.717) is 34.7 Å². The molecule has 1 amide bonds. The molecule has 254 valence electrons. The van der Waals surface area contributed by atoms with E-state index in [1.165, 1.54) is 14.2 Å². The second-order valence-corrected chi connectivity index (χ2v) is 13.8. The van der Waals surface area contributed by atoms with E-state index in [-0.39, 0.29) is 30.2 Å². The average molecular weight is 677 g/mol. The predicted octanol–water partition coefficient (Wildman–Crippen LogP) is 3.73. The highest BCUT2D eigenvalue weighted by Gasteiger charge is 2.36. The first kappa shape index (κ1) is 34.2. The molecule has 12 nitrogen and oxygen atoms in total. The largest absolute Gasteiger partial charge is 0.495 e. The number of rotatable bonds is 11. The number of sulfonamides is 1. The number of amides is 1. The van der Waals surface area contributed by atoms with Crippen LogP contribution in [0.25, 0.3) is 0 Å². The summed E-state index contributed by atoms with van der Waals surface area (Å²) in [5, 5.41) is 12.0. The van der Waals surface area contributed by atoms with Crippen LogP contribution in [0.1, 0.15) is 39.9 Å². The highest BCUT2D eigenvalue weighted by atomic mass is 32.2. The predicted molar refractivity (Wildman–Crippen MR) is 174 cm³/mol. The third-order valence-electron chi connectivity index (χ3n) is 8.44. The van der Waals surface area contributed by atoms with E-state index >= 15 is 0 Å². The van der Waals surface area contributed by atoms with Crippen molar-refractivity contribution in [2.24, 2.45) is 0 Å². The van der Waals surface area contributed by atoms with Gasteiger partial charge >= 0.3 is 6.18 Å². The molecule has 1 saturated carbocycles. The van der Waals surface area contributed by atoms with Crippen LogP contribution in [0.2, 0.25) is 0 Å². The van der Waals surface area contributed by atoms with E-state index < -0.39 is 27.6 Å². The van der Waals surface area contributed by atoms with E-state index in [4.69, 9.17) is 4.74 Å². The maximum atomic E-state index is 13.9. The van der Waals surface area contributed by atoms with E-state index in [1.807, 2.05) is 0 Å². The number of anilines is 4. The van der Waals surface area contributed by atoms with Crippen LogP contribution < -0.4 is 30.3 Å². The molecule has 0 spiro atoms. The van der Waals surface area contributed by atoms with Gasteiger partial charge in [0, 0.05) is 63.6 Å². The van der Waals surface area contributed by atoms with Gasteiger partial charge in [-0.05, 0) is 55.2 Å². The molecule has 0 atom stereocenters. The number of methoxy groups -OCH3 is 1. The van der Waals surface area contributed by atoms with Gasteiger partial charge in [-0.25, -0.2) is 13.4 Å². The smallest absolute Gasteiger partial charge is 0.421 e. The van der Waals surface area contributed by atoms with Gasteiger partial charge in [-0.2, -0.15) is 18.2 Å². The van der Waals surface area contributed by atoms with Crippen LogP contribution in [0.3, 0.4) is 0 Å². The van der Waals surface area contributed by atoms with Gasteiger partial charge in [0.05, 0.1) is 24.7 Å². The number of carbonyl (C=O) groups is 1. The third-order valence-corrected chi connectivity index (χ3v) is 9.64. The van der Waals surface area contributed by atoms with Crippen LogP contribution >= 0.6 is 0 Å². The first-order chi connectivity index (χ1) is 22.2. The average Bonchev–Trinajstić information content (AvgIpc) is 3.01. The number of hydrogen-bond donors (Lipinski definition) is 4. The SMILES string of the molecule is COc1cc(C(=O)NC2CC(N3CCNCC3)C2)ccc1Nc1ncc(C(F)(F)F)c(NCc2ccc(C)cc2N(C)S(C)(=O)=O)n1. The van der Waals surface area contributed by atoms with Gasteiger partial charge in [0.15, 0.2) is 0 Å². The number of aryl methyl sites for hydroxylation is 1. The first-order valence-electron chi connectivity index (χ1n) is 15.1. The molecule has 2 fully saturated rings. The lowest BCUT2D eigenvalue weighted by atomic mass is 9.85. The van der Waals surface area contributed by atoms with Gasteiger partial charge in [-0.3, -0.25) is 14.0 Å². The number of alkyl halides is 3. The fourth-order valence-electron chi connectivity index (χ4n) is 5.63. The summed E-state index contributed by atoms with van der Waals surface area (Å²) in [6.45, 7) is 5.60. The number of ether oxygens (including phenoxy) is 1. The number of hydrogen-bond acceptors (Lipinski definition) is 10. The number of nitrogens with one attached hydrogen (secondary N) is 4. The molecule has 47 heavy (non-hydrogen) atoms. The van der Waals surface area contributed by atoms with E-state index in [2.05, 4.69) is 36.1 Å². The summed E-state index contributed by atoms with van der Waals surface area (Å²) >= 11 is 0. The molecular formula is C31H39F3N8O4S. The van der Waals surface area contributed by atoms with Crippen molar-refractivity contribution in [3.63, 3.8) is 0 Å². The van der Waals surface area contributed by atoms with Gasteiger partial charge in [0.2, 0.25) is 16.0 Å². The molecule has 0 bridgehead atoms. The zero-order valence-electron chi connectivity index (χ0n) is 26.6. The zero-order valence-corrected chi connectivity index (χ0v) is 27.4. The van der Waals surface area contributed by atoms with Crippen molar-refractivity contribution in [1.29, 1.82) is 0 Å². The number of aromatic nitrogens is 2. The van der Waals surface area contributed by atoms with Gasteiger partial charge in [-0.15, -0.1) is 0 Å².